The summed E-state index contributed by atoms with van der Waals surface area (Å²) in [6.45, 7) is 0. The predicted octanol–water partition coefficient (Wildman–Crippen LogP) is 4.38. The van der Waals surface area contributed by atoms with E-state index in [0.29, 0.717) is 0 Å². The first kappa shape index (κ1) is 9.69. The average molecular weight is 257 g/mol. The summed E-state index contributed by atoms with van der Waals surface area (Å²) in [7, 11) is 0. The van der Waals surface area contributed by atoms with Crippen LogP contribution in [0.2, 0.25) is 0 Å². The van der Waals surface area contributed by atoms with E-state index >= 15 is 0 Å². The zero-order valence-electron chi connectivity index (χ0n) is 8.92. The van der Waals surface area contributed by atoms with Gasteiger partial charge in [-0.25, -0.2) is 0 Å². The van der Waals surface area contributed by atoms with E-state index in [4.69, 9.17) is 0 Å². The molecule has 0 radical (unpaired) electrons. The van der Waals surface area contributed by atoms with Crippen molar-refractivity contribution in [3.63, 3.8) is 0 Å². The van der Waals surface area contributed by atoms with Crippen molar-refractivity contribution in [2.75, 3.05) is 0 Å². The molecule has 14 heavy (non-hydrogen) atoms. The molecule has 3 saturated carbocycles. The Morgan fingerprint density at radius 1 is 0.786 bits per heavy atom. The van der Waals surface area contributed by atoms with E-state index in [-0.39, 0.29) is 0 Å². The summed E-state index contributed by atoms with van der Waals surface area (Å²) < 4.78 is 0. The predicted molar refractivity (Wildman–Crippen MR) is 63.6 cm³/mol. The lowest BCUT2D eigenvalue weighted by Crippen LogP contribution is -2.30. The van der Waals surface area contributed by atoms with Gasteiger partial charge < -0.3 is 0 Å². The van der Waals surface area contributed by atoms with Crippen molar-refractivity contribution in [1.82, 2.24) is 0 Å². The fourth-order valence-electron chi connectivity index (χ4n) is 4.41. The number of halogens is 1. The number of alkyl halides is 1. The van der Waals surface area contributed by atoms with Crippen LogP contribution in [-0.4, -0.2) is 4.83 Å². The normalized spacial score (nSPS) is 52.5. The lowest BCUT2D eigenvalue weighted by Gasteiger charge is -2.36. The first-order chi connectivity index (χ1) is 6.84. The Bertz CT molecular complexity index is 213. The van der Waals surface area contributed by atoms with Gasteiger partial charge in [-0.1, -0.05) is 35.2 Å². The summed E-state index contributed by atoms with van der Waals surface area (Å²) in [4.78, 5) is 0.862. The molecule has 0 heterocycles. The number of hydrogen-bond donors (Lipinski definition) is 0. The summed E-state index contributed by atoms with van der Waals surface area (Å²) in [5.41, 5.74) is 0. The summed E-state index contributed by atoms with van der Waals surface area (Å²) in [6, 6.07) is 0. The molecule has 0 aromatic rings. The minimum absolute atomic E-state index is 0.862. The fraction of sp³-hybridized carbons (Fsp3) is 1.00. The Labute approximate surface area is 96.0 Å². The highest BCUT2D eigenvalue weighted by molar-refractivity contribution is 9.09. The molecule has 0 nitrogen and oxygen atoms in total. The van der Waals surface area contributed by atoms with Gasteiger partial charge >= 0.3 is 0 Å². The Morgan fingerprint density at radius 2 is 1.64 bits per heavy atom. The van der Waals surface area contributed by atoms with Crippen molar-refractivity contribution in [2.45, 2.75) is 56.2 Å². The van der Waals surface area contributed by atoms with Gasteiger partial charge in [-0.15, -0.1) is 0 Å². The highest BCUT2D eigenvalue weighted by atomic mass is 79.9. The molecule has 0 amide bonds. The van der Waals surface area contributed by atoms with Gasteiger partial charge in [-0.3, -0.25) is 0 Å². The van der Waals surface area contributed by atoms with Crippen LogP contribution in [0.25, 0.3) is 0 Å². The van der Waals surface area contributed by atoms with Crippen molar-refractivity contribution < 1.29 is 0 Å². The minimum Gasteiger partial charge on any atom is -0.0888 e. The zero-order valence-corrected chi connectivity index (χ0v) is 10.5. The summed E-state index contributed by atoms with van der Waals surface area (Å²) >= 11 is 3.94. The van der Waals surface area contributed by atoms with E-state index in [1.54, 1.807) is 25.7 Å². The van der Waals surface area contributed by atoms with Crippen LogP contribution in [0, 0.1) is 23.7 Å². The molecule has 80 valence electrons. The van der Waals surface area contributed by atoms with Gasteiger partial charge in [0.25, 0.3) is 0 Å². The molecule has 3 rings (SSSR count). The van der Waals surface area contributed by atoms with Gasteiger partial charge in [0.15, 0.2) is 0 Å². The topological polar surface area (TPSA) is 0 Å². The second-order valence-corrected chi connectivity index (χ2v) is 6.98. The molecule has 3 fully saturated rings. The molecule has 0 saturated heterocycles. The third kappa shape index (κ3) is 1.56. The molecular weight excluding hydrogens is 236 g/mol. The quantitative estimate of drug-likeness (QED) is 0.612. The van der Waals surface area contributed by atoms with Crippen LogP contribution in [0.15, 0.2) is 0 Å². The largest absolute Gasteiger partial charge is 0.0888 e. The molecule has 0 spiro atoms. The van der Waals surface area contributed by atoms with E-state index in [1.165, 1.54) is 25.7 Å². The van der Waals surface area contributed by atoms with Gasteiger partial charge in [0.05, 0.1) is 0 Å². The van der Waals surface area contributed by atoms with Gasteiger partial charge in [-0.2, -0.15) is 0 Å². The second kappa shape index (κ2) is 3.81. The zero-order chi connectivity index (χ0) is 9.54. The first-order valence-electron chi connectivity index (χ1n) is 6.48. The van der Waals surface area contributed by atoms with Crippen molar-refractivity contribution in [3.05, 3.63) is 0 Å². The Kier molecular flexibility index (Phi) is 2.64. The standard InChI is InChI=1S/C13H21Br/c14-13-4-2-1-3-11(13)12-8-9-5-6-10(12)7-9/h9-13H,1-8H2. The highest BCUT2D eigenvalue weighted by Crippen LogP contribution is 2.54. The maximum absolute atomic E-state index is 3.94. The lowest BCUT2D eigenvalue weighted by molar-refractivity contribution is 0.188. The molecule has 0 N–H and O–H groups in total. The number of rotatable bonds is 1. The van der Waals surface area contributed by atoms with Crippen molar-refractivity contribution in [2.24, 2.45) is 23.7 Å². The van der Waals surface area contributed by atoms with Crippen molar-refractivity contribution in [3.8, 4) is 0 Å². The summed E-state index contributed by atoms with van der Waals surface area (Å²) in [5, 5.41) is 0. The summed E-state index contributed by atoms with van der Waals surface area (Å²) in [6.07, 6.45) is 12.2. The molecule has 3 aliphatic rings. The SMILES string of the molecule is BrC1CCCCC1C1CC2CCC1C2. The highest BCUT2D eigenvalue weighted by Gasteiger charge is 2.44. The van der Waals surface area contributed by atoms with Gasteiger partial charge in [0, 0.05) is 4.83 Å². The number of fused-ring (bicyclic) bond motifs is 2. The maximum Gasteiger partial charge on any atom is 0.0176 e. The Hall–Kier alpha value is 0.480. The second-order valence-electron chi connectivity index (χ2n) is 5.80. The Balaban J connectivity index is 1.69. The summed E-state index contributed by atoms with van der Waals surface area (Å²) in [5.74, 6) is 4.41. The molecule has 5 unspecified atom stereocenters. The molecular formula is C13H21Br. The average Bonchev–Trinajstić information content (AvgIpc) is 2.79. The third-order valence-electron chi connectivity index (χ3n) is 5.07. The molecule has 2 bridgehead atoms. The third-order valence-corrected chi connectivity index (χ3v) is 6.21. The van der Waals surface area contributed by atoms with Gasteiger partial charge in [0.2, 0.25) is 0 Å². The van der Waals surface area contributed by atoms with Crippen LogP contribution in [-0.2, 0) is 0 Å². The maximum atomic E-state index is 3.94. The van der Waals surface area contributed by atoms with E-state index < -0.39 is 0 Å². The van der Waals surface area contributed by atoms with E-state index in [1.807, 2.05) is 0 Å². The minimum atomic E-state index is 0.862. The first-order valence-corrected chi connectivity index (χ1v) is 7.40. The number of hydrogen-bond acceptors (Lipinski definition) is 0. The lowest BCUT2D eigenvalue weighted by atomic mass is 9.73. The molecule has 0 aliphatic heterocycles. The van der Waals surface area contributed by atoms with Gasteiger partial charge in [0.1, 0.15) is 0 Å². The van der Waals surface area contributed by atoms with Crippen LogP contribution < -0.4 is 0 Å². The van der Waals surface area contributed by atoms with Crippen LogP contribution >= 0.6 is 15.9 Å². The van der Waals surface area contributed by atoms with Crippen LogP contribution in [0.3, 0.4) is 0 Å². The van der Waals surface area contributed by atoms with Crippen molar-refractivity contribution in [1.29, 1.82) is 0 Å². The van der Waals surface area contributed by atoms with Crippen LogP contribution in [0.5, 0.6) is 0 Å². The van der Waals surface area contributed by atoms with Gasteiger partial charge in [-0.05, 0) is 55.8 Å². The molecule has 5 atom stereocenters. The van der Waals surface area contributed by atoms with Crippen molar-refractivity contribution >= 4 is 15.9 Å². The van der Waals surface area contributed by atoms with E-state index in [9.17, 15) is 0 Å². The van der Waals surface area contributed by atoms with E-state index in [2.05, 4.69) is 15.9 Å². The Morgan fingerprint density at radius 3 is 2.29 bits per heavy atom. The monoisotopic (exact) mass is 256 g/mol. The molecule has 1 heteroatoms. The van der Waals surface area contributed by atoms with Crippen LogP contribution in [0.1, 0.15) is 51.4 Å². The molecule has 0 aromatic heterocycles. The smallest absolute Gasteiger partial charge is 0.0176 e. The van der Waals surface area contributed by atoms with Crippen LogP contribution in [0.4, 0.5) is 0 Å². The molecule has 3 aliphatic carbocycles. The van der Waals surface area contributed by atoms with E-state index in [0.717, 1.165) is 28.5 Å². The fourth-order valence-corrected chi connectivity index (χ4v) is 5.40. The molecule has 0 aromatic carbocycles.